The largest absolute Gasteiger partial charge is 0.395 e. The van der Waals surface area contributed by atoms with Gasteiger partial charge in [0.15, 0.2) is 9.84 Å². The van der Waals surface area contributed by atoms with Gasteiger partial charge in [-0.2, -0.15) is 0 Å². The summed E-state index contributed by atoms with van der Waals surface area (Å²) in [7, 11) is -2.82. The zero-order valence-corrected chi connectivity index (χ0v) is 9.55. The molecule has 1 heterocycles. The highest BCUT2D eigenvalue weighted by Crippen LogP contribution is 2.13. The zero-order valence-electron chi connectivity index (χ0n) is 8.73. The van der Waals surface area contributed by atoms with E-state index in [9.17, 15) is 8.42 Å². The van der Waals surface area contributed by atoms with Crippen molar-refractivity contribution in [3.63, 3.8) is 0 Å². The van der Waals surface area contributed by atoms with E-state index in [1.54, 1.807) is 0 Å². The number of nitrogens with one attached hydrogen (secondary N) is 1. The molecule has 1 aliphatic rings. The van der Waals surface area contributed by atoms with Gasteiger partial charge in [-0.05, 0) is 12.3 Å². The van der Waals surface area contributed by atoms with Crippen molar-refractivity contribution >= 4 is 9.84 Å². The fraction of sp³-hybridized carbons (Fsp3) is 1.00. The lowest BCUT2D eigenvalue weighted by Crippen LogP contribution is -2.44. The summed E-state index contributed by atoms with van der Waals surface area (Å²) in [6.45, 7) is 4.09. The second kappa shape index (κ2) is 4.59. The first-order valence-electron chi connectivity index (χ1n) is 5.02. The maximum Gasteiger partial charge on any atom is 0.151 e. The summed E-state index contributed by atoms with van der Waals surface area (Å²) in [6.07, 6.45) is 0.672. The second-order valence-corrected chi connectivity index (χ2v) is 6.53. The first-order chi connectivity index (χ1) is 6.44. The van der Waals surface area contributed by atoms with Crippen LogP contribution < -0.4 is 5.32 Å². The quantitative estimate of drug-likeness (QED) is 0.689. The van der Waals surface area contributed by atoms with Gasteiger partial charge in [0.05, 0.1) is 18.1 Å². The van der Waals surface area contributed by atoms with Crippen molar-refractivity contribution < 1.29 is 13.5 Å². The van der Waals surface area contributed by atoms with Crippen molar-refractivity contribution in [1.29, 1.82) is 0 Å². The van der Waals surface area contributed by atoms with Crippen LogP contribution in [0.1, 0.15) is 20.3 Å². The Labute approximate surface area is 85.6 Å². The summed E-state index contributed by atoms with van der Waals surface area (Å²) in [4.78, 5) is 0. The van der Waals surface area contributed by atoms with E-state index in [4.69, 9.17) is 5.11 Å². The molecule has 0 bridgehead atoms. The lowest BCUT2D eigenvalue weighted by atomic mass is 10.0. The lowest BCUT2D eigenvalue weighted by molar-refractivity contribution is 0.202. The molecule has 2 unspecified atom stereocenters. The Morgan fingerprint density at radius 1 is 1.50 bits per heavy atom. The Hall–Kier alpha value is -0.130. The SMILES string of the molecule is CC(C)C(CO)NC1CCS(=O)(=O)C1. The molecule has 1 fully saturated rings. The van der Waals surface area contributed by atoms with Gasteiger partial charge in [0.25, 0.3) is 0 Å². The van der Waals surface area contributed by atoms with Gasteiger partial charge >= 0.3 is 0 Å². The fourth-order valence-electron chi connectivity index (χ4n) is 1.69. The first-order valence-corrected chi connectivity index (χ1v) is 6.84. The molecule has 0 aliphatic carbocycles. The summed E-state index contributed by atoms with van der Waals surface area (Å²) < 4.78 is 22.4. The minimum absolute atomic E-state index is 0.00769. The molecule has 84 valence electrons. The van der Waals surface area contributed by atoms with E-state index in [0.29, 0.717) is 12.3 Å². The van der Waals surface area contributed by atoms with Crippen molar-refractivity contribution in [1.82, 2.24) is 5.32 Å². The summed E-state index contributed by atoms with van der Waals surface area (Å²) in [5.74, 6) is 0.820. The van der Waals surface area contributed by atoms with Crippen molar-refractivity contribution in [2.45, 2.75) is 32.4 Å². The molecule has 2 N–H and O–H groups in total. The van der Waals surface area contributed by atoms with Crippen molar-refractivity contribution in [3.05, 3.63) is 0 Å². The van der Waals surface area contributed by atoms with Crippen molar-refractivity contribution in [3.8, 4) is 0 Å². The van der Waals surface area contributed by atoms with Crippen LogP contribution >= 0.6 is 0 Å². The van der Waals surface area contributed by atoms with Gasteiger partial charge in [0.2, 0.25) is 0 Å². The summed E-state index contributed by atoms with van der Waals surface area (Å²) in [5.41, 5.74) is 0. The predicted octanol–water partition coefficient (Wildman–Crippen LogP) is -0.220. The highest BCUT2D eigenvalue weighted by atomic mass is 32.2. The average molecular weight is 221 g/mol. The van der Waals surface area contributed by atoms with Crippen LogP contribution in [0.2, 0.25) is 0 Å². The number of sulfone groups is 1. The monoisotopic (exact) mass is 221 g/mol. The minimum Gasteiger partial charge on any atom is -0.395 e. The zero-order chi connectivity index (χ0) is 10.8. The lowest BCUT2D eigenvalue weighted by Gasteiger charge is -2.23. The van der Waals surface area contributed by atoms with E-state index < -0.39 is 9.84 Å². The molecular formula is C9H19NO3S. The Morgan fingerprint density at radius 2 is 2.14 bits per heavy atom. The predicted molar refractivity (Wildman–Crippen MR) is 55.9 cm³/mol. The smallest absolute Gasteiger partial charge is 0.151 e. The molecule has 1 rings (SSSR count). The molecule has 4 nitrogen and oxygen atoms in total. The molecule has 0 amide bonds. The molecule has 0 spiro atoms. The molecule has 1 saturated heterocycles. The van der Waals surface area contributed by atoms with E-state index in [1.165, 1.54) is 0 Å². The average Bonchev–Trinajstić information content (AvgIpc) is 2.41. The Bertz CT molecular complexity index is 274. The molecule has 14 heavy (non-hydrogen) atoms. The van der Waals surface area contributed by atoms with Crippen LogP contribution in [0.25, 0.3) is 0 Å². The fourth-order valence-corrected chi connectivity index (χ4v) is 3.37. The van der Waals surface area contributed by atoms with Crippen LogP contribution in [0.15, 0.2) is 0 Å². The number of hydrogen-bond donors (Lipinski definition) is 2. The van der Waals surface area contributed by atoms with Crippen LogP contribution in [0, 0.1) is 5.92 Å². The summed E-state index contributed by atoms with van der Waals surface area (Å²) in [5, 5.41) is 12.3. The summed E-state index contributed by atoms with van der Waals surface area (Å²) in [6, 6.07) is 0.0350. The Morgan fingerprint density at radius 3 is 2.50 bits per heavy atom. The number of hydrogen-bond acceptors (Lipinski definition) is 4. The van der Waals surface area contributed by atoms with Gasteiger partial charge in [0, 0.05) is 12.1 Å². The molecular weight excluding hydrogens is 202 g/mol. The van der Waals surface area contributed by atoms with Gasteiger partial charge < -0.3 is 10.4 Å². The van der Waals surface area contributed by atoms with E-state index in [0.717, 1.165) is 0 Å². The van der Waals surface area contributed by atoms with Gasteiger partial charge in [-0.15, -0.1) is 0 Å². The first kappa shape index (κ1) is 11.9. The standard InChI is InChI=1S/C9H19NO3S/c1-7(2)9(5-11)10-8-3-4-14(12,13)6-8/h7-11H,3-6H2,1-2H3. The van der Waals surface area contributed by atoms with Crippen LogP contribution in [0.3, 0.4) is 0 Å². The van der Waals surface area contributed by atoms with Crippen LogP contribution in [-0.4, -0.2) is 43.7 Å². The molecule has 0 aromatic carbocycles. The van der Waals surface area contributed by atoms with Gasteiger partial charge in [-0.1, -0.05) is 13.8 Å². The van der Waals surface area contributed by atoms with Crippen LogP contribution in [-0.2, 0) is 9.84 Å². The third-order valence-electron chi connectivity index (χ3n) is 2.68. The van der Waals surface area contributed by atoms with Crippen molar-refractivity contribution in [2.24, 2.45) is 5.92 Å². The Balaban J connectivity index is 2.45. The van der Waals surface area contributed by atoms with Gasteiger partial charge in [-0.25, -0.2) is 8.42 Å². The topological polar surface area (TPSA) is 66.4 Å². The maximum atomic E-state index is 11.2. The van der Waals surface area contributed by atoms with E-state index in [2.05, 4.69) is 5.32 Å². The maximum absolute atomic E-state index is 11.2. The third-order valence-corrected chi connectivity index (χ3v) is 4.45. The van der Waals surface area contributed by atoms with Gasteiger partial charge in [-0.3, -0.25) is 0 Å². The molecule has 2 atom stereocenters. The highest BCUT2D eigenvalue weighted by molar-refractivity contribution is 7.91. The van der Waals surface area contributed by atoms with Gasteiger partial charge in [0.1, 0.15) is 0 Å². The molecule has 0 saturated carbocycles. The number of aliphatic hydroxyl groups excluding tert-OH is 1. The molecule has 0 radical (unpaired) electrons. The highest BCUT2D eigenvalue weighted by Gasteiger charge is 2.29. The minimum atomic E-state index is -2.82. The van der Waals surface area contributed by atoms with E-state index in [1.807, 2.05) is 13.8 Å². The number of rotatable bonds is 4. The van der Waals surface area contributed by atoms with E-state index in [-0.39, 0.29) is 30.2 Å². The molecule has 0 aromatic heterocycles. The summed E-state index contributed by atoms with van der Waals surface area (Å²) >= 11 is 0. The van der Waals surface area contributed by atoms with Crippen molar-refractivity contribution in [2.75, 3.05) is 18.1 Å². The molecule has 0 aromatic rings. The third kappa shape index (κ3) is 3.22. The second-order valence-electron chi connectivity index (χ2n) is 4.30. The normalized spacial score (nSPS) is 28.1. The number of aliphatic hydroxyl groups is 1. The molecule has 1 aliphatic heterocycles. The Kier molecular flexibility index (Phi) is 3.92. The van der Waals surface area contributed by atoms with Crippen LogP contribution in [0.5, 0.6) is 0 Å². The van der Waals surface area contributed by atoms with E-state index >= 15 is 0 Å². The molecule has 5 heteroatoms. The van der Waals surface area contributed by atoms with Crippen LogP contribution in [0.4, 0.5) is 0 Å².